The normalized spacial score (nSPS) is 16.9. The first-order valence-electron chi connectivity index (χ1n) is 11.3. The number of benzene rings is 3. The van der Waals surface area contributed by atoms with Crippen molar-refractivity contribution in [3.8, 4) is 11.5 Å². The summed E-state index contributed by atoms with van der Waals surface area (Å²) in [6.45, 7) is 3.48. The topological polar surface area (TPSA) is 59.0 Å². The van der Waals surface area contributed by atoms with Crippen molar-refractivity contribution in [1.29, 1.82) is 0 Å². The molecule has 0 radical (unpaired) electrons. The summed E-state index contributed by atoms with van der Waals surface area (Å²) in [5.41, 5.74) is 2.84. The first-order valence-corrected chi connectivity index (χ1v) is 12.1. The summed E-state index contributed by atoms with van der Waals surface area (Å²) in [6, 6.07) is 20.3. The van der Waals surface area contributed by atoms with E-state index in [1.165, 1.54) is 0 Å². The maximum absolute atomic E-state index is 12.0. The van der Waals surface area contributed by atoms with E-state index in [1.807, 2.05) is 72.5 Å². The van der Waals surface area contributed by atoms with Crippen molar-refractivity contribution in [3.63, 3.8) is 0 Å². The first kappa shape index (κ1) is 24.4. The van der Waals surface area contributed by atoms with Gasteiger partial charge in [-0.25, -0.2) is 0 Å². The Morgan fingerprint density at radius 3 is 2.44 bits per heavy atom. The lowest BCUT2D eigenvalue weighted by atomic mass is 9.95. The second-order valence-corrected chi connectivity index (χ2v) is 9.04. The van der Waals surface area contributed by atoms with Crippen LogP contribution in [0.1, 0.15) is 42.5 Å². The van der Waals surface area contributed by atoms with Crippen molar-refractivity contribution in [2.45, 2.75) is 38.5 Å². The molecule has 1 aliphatic rings. The lowest BCUT2D eigenvalue weighted by molar-refractivity contribution is -0.142. The number of ether oxygens (including phenoxy) is 2. The van der Waals surface area contributed by atoms with Crippen LogP contribution in [0.3, 0.4) is 0 Å². The van der Waals surface area contributed by atoms with E-state index in [4.69, 9.17) is 32.7 Å². The fourth-order valence-electron chi connectivity index (χ4n) is 4.44. The monoisotopic (exact) mass is 499 g/mol. The molecule has 3 aromatic rings. The smallest absolute Gasteiger partial charge is 0.320 e. The van der Waals surface area contributed by atoms with E-state index in [0.29, 0.717) is 47.7 Å². The molecule has 0 aromatic heterocycles. The fraction of sp³-hybridized carbons (Fsp3) is 0.296. The molecule has 5 nitrogen and oxygen atoms in total. The summed E-state index contributed by atoms with van der Waals surface area (Å²) >= 11 is 12.5. The molecule has 4 rings (SSSR count). The molecule has 1 fully saturated rings. The van der Waals surface area contributed by atoms with Crippen LogP contribution < -0.4 is 9.47 Å². The van der Waals surface area contributed by atoms with E-state index in [0.717, 1.165) is 23.1 Å². The van der Waals surface area contributed by atoms with Gasteiger partial charge in [0.25, 0.3) is 0 Å². The number of carbonyl (C=O) groups is 1. The summed E-state index contributed by atoms with van der Waals surface area (Å²) in [7, 11) is 0. The first-order chi connectivity index (χ1) is 16.5. The molecule has 0 amide bonds. The summed E-state index contributed by atoms with van der Waals surface area (Å²) < 4.78 is 12.0. The molecule has 0 bridgehead atoms. The molecule has 7 heteroatoms. The minimum absolute atomic E-state index is 0.319. The average molecular weight is 500 g/mol. The molecule has 34 heavy (non-hydrogen) atoms. The van der Waals surface area contributed by atoms with Gasteiger partial charge < -0.3 is 14.6 Å². The number of likely N-dealkylation sites (tertiary alicyclic amines) is 1. The zero-order valence-electron chi connectivity index (χ0n) is 18.9. The Bertz CT molecular complexity index is 1140. The minimum atomic E-state index is -0.824. The second kappa shape index (κ2) is 11.1. The number of hydrogen-bond donors (Lipinski definition) is 1. The molecular weight excluding hydrogens is 473 g/mol. The van der Waals surface area contributed by atoms with Gasteiger partial charge in [-0.1, -0.05) is 65.7 Å². The number of halogens is 2. The van der Waals surface area contributed by atoms with Gasteiger partial charge in [0.15, 0.2) is 11.5 Å². The number of hydrogen-bond acceptors (Lipinski definition) is 4. The van der Waals surface area contributed by atoms with Crippen LogP contribution in [0.25, 0.3) is 0 Å². The van der Waals surface area contributed by atoms with Gasteiger partial charge >= 0.3 is 5.97 Å². The summed E-state index contributed by atoms with van der Waals surface area (Å²) in [4.78, 5) is 14.0. The summed E-state index contributed by atoms with van der Waals surface area (Å²) in [5, 5.41) is 10.7. The summed E-state index contributed by atoms with van der Waals surface area (Å²) in [6.07, 6.45) is 1.41. The van der Waals surface area contributed by atoms with E-state index < -0.39 is 12.0 Å². The minimum Gasteiger partial charge on any atom is -0.490 e. The number of aliphatic carboxylic acids is 1. The molecule has 1 aliphatic heterocycles. The Balaban J connectivity index is 1.72. The van der Waals surface area contributed by atoms with Gasteiger partial charge in [0.05, 0.1) is 22.7 Å². The van der Waals surface area contributed by atoms with Gasteiger partial charge in [-0.3, -0.25) is 9.69 Å². The van der Waals surface area contributed by atoms with Crippen LogP contribution in [0, 0.1) is 0 Å². The van der Waals surface area contributed by atoms with Crippen molar-refractivity contribution in [3.05, 3.63) is 93.5 Å². The maximum atomic E-state index is 12.0. The van der Waals surface area contributed by atoms with Crippen LogP contribution >= 0.6 is 23.2 Å². The number of carboxylic acids is 1. The van der Waals surface area contributed by atoms with Crippen molar-refractivity contribution in [1.82, 2.24) is 4.90 Å². The predicted molar refractivity (Wildman–Crippen MR) is 134 cm³/mol. The average Bonchev–Trinajstić information content (AvgIpc) is 3.32. The molecule has 0 aliphatic carbocycles. The van der Waals surface area contributed by atoms with Crippen LogP contribution in [-0.4, -0.2) is 35.2 Å². The van der Waals surface area contributed by atoms with Gasteiger partial charge in [0.2, 0.25) is 0 Å². The van der Waals surface area contributed by atoms with E-state index in [9.17, 15) is 9.90 Å². The van der Waals surface area contributed by atoms with E-state index in [1.54, 1.807) is 6.07 Å². The highest BCUT2D eigenvalue weighted by Gasteiger charge is 2.37. The quantitative estimate of drug-likeness (QED) is 0.358. The SMILES string of the molecule is CCOc1cc(C(c2ccc(Cl)c(Cl)c2)N2CCCC2C(=O)O)ccc1OCc1ccccc1. The Hall–Kier alpha value is -2.73. The fourth-order valence-corrected chi connectivity index (χ4v) is 4.75. The molecule has 178 valence electrons. The maximum Gasteiger partial charge on any atom is 0.320 e. The molecule has 0 spiro atoms. The third-order valence-electron chi connectivity index (χ3n) is 5.99. The van der Waals surface area contributed by atoms with Crippen LogP contribution in [0.2, 0.25) is 10.0 Å². The van der Waals surface area contributed by atoms with Crippen molar-refractivity contribution in [2.24, 2.45) is 0 Å². The van der Waals surface area contributed by atoms with Crippen LogP contribution in [0.15, 0.2) is 66.7 Å². The van der Waals surface area contributed by atoms with Crippen LogP contribution in [0.4, 0.5) is 0 Å². The molecule has 3 aromatic carbocycles. The van der Waals surface area contributed by atoms with Crippen molar-refractivity contribution < 1.29 is 19.4 Å². The van der Waals surface area contributed by atoms with E-state index >= 15 is 0 Å². The van der Waals surface area contributed by atoms with Crippen LogP contribution in [-0.2, 0) is 11.4 Å². The second-order valence-electron chi connectivity index (χ2n) is 8.22. The predicted octanol–water partition coefficient (Wildman–Crippen LogP) is 6.61. The molecule has 2 unspecified atom stereocenters. The van der Waals surface area contributed by atoms with Crippen LogP contribution in [0.5, 0.6) is 11.5 Å². The highest BCUT2D eigenvalue weighted by molar-refractivity contribution is 6.42. The molecular formula is C27H27Cl2NO4. The number of nitrogens with zero attached hydrogens (tertiary/aromatic N) is 1. The lowest BCUT2D eigenvalue weighted by Gasteiger charge is -2.32. The van der Waals surface area contributed by atoms with Gasteiger partial charge in [-0.15, -0.1) is 0 Å². The Labute approximate surface area is 209 Å². The Morgan fingerprint density at radius 2 is 1.74 bits per heavy atom. The van der Waals surface area contributed by atoms with Crippen molar-refractivity contribution >= 4 is 29.2 Å². The zero-order chi connectivity index (χ0) is 24.1. The largest absolute Gasteiger partial charge is 0.490 e. The van der Waals surface area contributed by atoms with Crippen molar-refractivity contribution in [2.75, 3.05) is 13.2 Å². The molecule has 0 saturated carbocycles. The third-order valence-corrected chi connectivity index (χ3v) is 6.73. The highest BCUT2D eigenvalue weighted by atomic mass is 35.5. The number of carboxylic acid groups (broad SMARTS) is 1. The zero-order valence-corrected chi connectivity index (χ0v) is 20.4. The molecule has 2 atom stereocenters. The molecule has 1 heterocycles. The molecule has 1 saturated heterocycles. The van der Waals surface area contributed by atoms with Gasteiger partial charge in [-0.2, -0.15) is 0 Å². The lowest BCUT2D eigenvalue weighted by Crippen LogP contribution is -2.39. The highest BCUT2D eigenvalue weighted by Crippen LogP contribution is 2.40. The Kier molecular flexibility index (Phi) is 7.99. The molecule has 1 N–H and O–H groups in total. The summed E-state index contributed by atoms with van der Waals surface area (Å²) in [5.74, 6) is 0.431. The van der Waals surface area contributed by atoms with Gasteiger partial charge in [-0.05, 0) is 60.7 Å². The standard InChI is InChI=1S/C27H27Cl2NO4/c1-2-33-25-16-20(11-13-24(25)34-17-18-7-4-3-5-8-18)26(19-10-12-21(28)22(29)15-19)30-14-6-9-23(30)27(31)32/h3-5,7-8,10-13,15-16,23,26H,2,6,9,14,17H2,1H3,(H,31,32). The van der Waals surface area contributed by atoms with E-state index in [2.05, 4.69) is 0 Å². The van der Waals surface area contributed by atoms with E-state index in [-0.39, 0.29) is 6.04 Å². The van der Waals surface area contributed by atoms with Gasteiger partial charge in [0, 0.05) is 6.54 Å². The Morgan fingerprint density at radius 1 is 1.00 bits per heavy atom. The van der Waals surface area contributed by atoms with Gasteiger partial charge in [0.1, 0.15) is 12.6 Å². The number of rotatable bonds is 9. The third kappa shape index (κ3) is 5.49.